The smallest absolute Gasteiger partial charge is 0.349 e. The van der Waals surface area contributed by atoms with Gasteiger partial charge in [-0.2, -0.15) is 5.26 Å². The highest BCUT2D eigenvalue weighted by Crippen LogP contribution is 2.30. The molecular weight excluding hydrogens is 408 g/mol. The molecule has 168 valence electrons. The molecule has 0 radical (unpaired) electrons. The third kappa shape index (κ3) is 6.88. The molecule has 0 fully saturated rings. The van der Waals surface area contributed by atoms with Gasteiger partial charge in [0.1, 0.15) is 17.4 Å². The van der Waals surface area contributed by atoms with Gasteiger partial charge in [0.05, 0.1) is 7.11 Å². The minimum Gasteiger partial charge on any atom is -0.493 e. The van der Waals surface area contributed by atoms with Crippen molar-refractivity contribution in [2.45, 2.75) is 33.1 Å². The Balaban J connectivity index is 2.10. The Kier molecular flexibility index (Phi) is 9.30. The maximum absolute atomic E-state index is 12.3. The van der Waals surface area contributed by atoms with Crippen molar-refractivity contribution in [3.8, 4) is 23.3 Å². The van der Waals surface area contributed by atoms with E-state index in [1.165, 1.54) is 13.2 Å². The third-order valence-corrected chi connectivity index (χ3v) is 4.51. The molecule has 0 saturated heterocycles. The van der Waals surface area contributed by atoms with Crippen LogP contribution in [0.4, 0.5) is 0 Å². The second-order valence-electron chi connectivity index (χ2n) is 7.29. The van der Waals surface area contributed by atoms with Gasteiger partial charge in [-0.25, -0.2) is 4.79 Å². The topological polar surface area (TPSA) is 97.7 Å². The van der Waals surface area contributed by atoms with Crippen LogP contribution in [0.15, 0.2) is 48.0 Å². The molecule has 0 atom stereocenters. The lowest BCUT2D eigenvalue weighted by Crippen LogP contribution is -2.25. The SMILES string of the molecule is CCCNC(=O)/C(C#N)=C/c1ccc(OC(=O)COc2ccccc2C(C)C)c(OC)c1. The number of ether oxygens (including phenoxy) is 3. The first-order valence-corrected chi connectivity index (χ1v) is 10.4. The number of amides is 1. The second-order valence-corrected chi connectivity index (χ2v) is 7.29. The van der Waals surface area contributed by atoms with E-state index in [0.29, 0.717) is 23.6 Å². The molecule has 2 rings (SSSR count). The van der Waals surface area contributed by atoms with Crippen LogP contribution < -0.4 is 19.5 Å². The van der Waals surface area contributed by atoms with Gasteiger partial charge in [-0.1, -0.05) is 45.0 Å². The summed E-state index contributed by atoms with van der Waals surface area (Å²) in [7, 11) is 1.44. The predicted octanol–water partition coefficient (Wildman–Crippen LogP) is 4.24. The van der Waals surface area contributed by atoms with E-state index >= 15 is 0 Å². The van der Waals surface area contributed by atoms with E-state index in [1.807, 2.05) is 51.1 Å². The highest BCUT2D eigenvalue weighted by molar-refractivity contribution is 6.01. The highest BCUT2D eigenvalue weighted by atomic mass is 16.6. The molecular formula is C25H28N2O5. The fraction of sp³-hybridized carbons (Fsp3) is 0.320. The van der Waals surface area contributed by atoms with Crippen LogP contribution in [0.3, 0.4) is 0 Å². The number of para-hydroxylation sites is 1. The number of methoxy groups -OCH3 is 1. The number of rotatable bonds is 10. The monoisotopic (exact) mass is 436 g/mol. The molecule has 7 heteroatoms. The van der Waals surface area contributed by atoms with Gasteiger partial charge in [0.2, 0.25) is 0 Å². The zero-order valence-electron chi connectivity index (χ0n) is 18.8. The van der Waals surface area contributed by atoms with Crippen molar-refractivity contribution < 1.29 is 23.8 Å². The van der Waals surface area contributed by atoms with Crippen LogP contribution in [0.25, 0.3) is 6.08 Å². The molecule has 0 saturated carbocycles. The van der Waals surface area contributed by atoms with Gasteiger partial charge in [0.15, 0.2) is 18.1 Å². The third-order valence-electron chi connectivity index (χ3n) is 4.51. The molecule has 2 aromatic carbocycles. The van der Waals surface area contributed by atoms with Crippen molar-refractivity contribution in [1.82, 2.24) is 5.32 Å². The van der Waals surface area contributed by atoms with Gasteiger partial charge in [-0.05, 0) is 47.7 Å². The van der Waals surface area contributed by atoms with Crippen LogP contribution in [-0.2, 0) is 9.59 Å². The number of carbonyl (C=O) groups is 2. The summed E-state index contributed by atoms with van der Waals surface area (Å²) in [4.78, 5) is 24.4. The average Bonchev–Trinajstić information content (AvgIpc) is 2.80. The largest absolute Gasteiger partial charge is 0.493 e. The van der Waals surface area contributed by atoms with E-state index in [0.717, 1.165) is 12.0 Å². The maximum Gasteiger partial charge on any atom is 0.349 e. The van der Waals surface area contributed by atoms with Gasteiger partial charge in [0, 0.05) is 6.54 Å². The quantitative estimate of drug-likeness (QED) is 0.259. The van der Waals surface area contributed by atoms with E-state index in [4.69, 9.17) is 14.2 Å². The van der Waals surface area contributed by atoms with Crippen molar-refractivity contribution in [3.05, 3.63) is 59.2 Å². The van der Waals surface area contributed by atoms with Crippen molar-refractivity contribution in [1.29, 1.82) is 5.26 Å². The molecule has 0 aliphatic heterocycles. The zero-order valence-corrected chi connectivity index (χ0v) is 18.8. The Hall–Kier alpha value is -3.79. The van der Waals surface area contributed by atoms with Crippen molar-refractivity contribution in [2.75, 3.05) is 20.3 Å². The van der Waals surface area contributed by atoms with Crippen LogP contribution in [-0.4, -0.2) is 32.1 Å². The molecule has 0 aliphatic rings. The molecule has 0 aromatic heterocycles. The summed E-state index contributed by atoms with van der Waals surface area (Å²) >= 11 is 0. The van der Waals surface area contributed by atoms with E-state index < -0.39 is 11.9 Å². The molecule has 1 amide bonds. The maximum atomic E-state index is 12.3. The van der Waals surface area contributed by atoms with Gasteiger partial charge in [0.25, 0.3) is 5.91 Å². The minimum absolute atomic E-state index is 0.0255. The lowest BCUT2D eigenvalue weighted by molar-refractivity contribution is -0.136. The number of carbonyl (C=O) groups excluding carboxylic acids is 2. The molecule has 0 bridgehead atoms. The van der Waals surface area contributed by atoms with E-state index in [9.17, 15) is 14.9 Å². The zero-order chi connectivity index (χ0) is 23.5. The first kappa shape index (κ1) is 24.5. The summed E-state index contributed by atoms with van der Waals surface area (Å²) < 4.78 is 16.4. The van der Waals surface area contributed by atoms with Crippen LogP contribution >= 0.6 is 0 Å². The normalized spacial score (nSPS) is 10.9. The molecule has 0 aliphatic carbocycles. The number of esters is 1. The Morgan fingerprint density at radius 2 is 1.88 bits per heavy atom. The fourth-order valence-corrected chi connectivity index (χ4v) is 2.89. The average molecular weight is 437 g/mol. The van der Waals surface area contributed by atoms with Crippen molar-refractivity contribution in [3.63, 3.8) is 0 Å². The van der Waals surface area contributed by atoms with E-state index in [2.05, 4.69) is 5.32 Å². The van der Waals surface area contributed by atoms with Gasteiger partial charge in [-0.15, -0.1) is 0 Å². The molecule has 7 nitrogen and oxygen atoms in total. The molecule has 32 heavy (non-hydrogen) atoms. The Bertz CT molecular complexity index is 1020. The molecule has 0 spiro atoms. The Morgan fingerprint density at radius 3 is 2.53 bits per heavy atom. The number of hydrogen-bond donors (Lipinski definition) is 1. The molecule has 1 N–H and O–H groups in total. The summed E-state index contributed by atoms with van der Waals surface area (Å²) in [6.07, 6.45) is 2.22. The Labute approximate surface area is 188 Å². The molecule has 2 aromatic rings. The summed E-state index contributed by atoms with van der Waals surface area (Å²) in [5, 5.41) is 11.9. The second kappa shape index (κ2) is 12.2. The van der Waals surface area contributed by atoms with Crippen LogP contribution in [0.1, 0.15) is 44.2 Å². The summed E-state index contributed by atoms with van der Waals surface area (Å²) in [5.74, 6) is 0.372. The number of nitrogens with one attached hydrogen (secondary N) is 1. The van der Waals surface area contributed by atoms with Gasteiger partial charge >= 0.3 is 5.97 Å². The van der Waals surface area contributed by atoms with Crippen molar-refractivity contribution in [2.24, 2.45) is 0 Å². The van der Waals surface area contributed by atoms with Gasteiger partial charge < -0.3 is 19.5 Å². The highest BCUT2D eigenvalue weighted by Gasteiger charge is 2.14. The minimum atomic E-state index is -0.582. The lowest BCUT2D eigenvalue weighted by Gasteiger charge is -2.14. The van der Waals surface area contributed by atoms with Gasteiger partial charge in [-0.3, -0.25) is 4.79 Å². The summed E-state index contributed by atoms with van der Waals surface area (Å²) in [6.45, 7) is 6.25. The fourth-order valence-electron chi connectivity index (χ4n) is 2.89. The first-order valence-electron chi connectivity index (χ1n) is 10.4. The summed E-state index contributed by atoms with van der Waals surface area (Å²) in [5.41, 5.74) is 1.54. The van der Waals surface area contributed by atoms with Crippen LogP contribution in [0, 0.1) is 11.3 Å². The summed E-state index contributed by atoms with van der Waals surface area (Å²) in [6, 6.07) is 14.2. The lowest BCUT2D eigenvalue weighted by atomic mass is 10.0. The van der Waals surface area contributed by atoms with Crippen molar-refractivity contribution >= 4 is 18.0 Å². The van der Waals surface area contributed by atoms with E-state index in [-0.39, 0.29) is 23.8 Å². The number of benzene rings is 2. The number of nitriles is 1. The predicted molar refractivity (Wildman–Crippen MR) is 122 cm³/mol. The standard InChI is InChI=1S/C25H28N2O5/c1-5-12-27-25(29)19(15-26)13-18-10-11-22(23(14-18)30-4)32-24(28)16-31-21-9-7-6-8-20(21)17(2)3/h6-11,13-14,17H,5,12,16H2,1-4H3,(H,27,29)/b19-13+. The Morgan fingerprint density at radius 1 is 1.12 bits per heavy atom. The van der Waals surface area contributed by atoms with E-state index in [1.54, 1.807) is 18.2 Å². The number of nitrogens with zero attached hydrogens (tertiary/aromatic N) is 1. The molecule has 0 unspecified atom stereocenters. The molecule has 0 heterocycles. The van der Waals surface area contributed by atoms with Crippen LogP contribution in [0.5, 0.6) is 17.2 Å². The van der Waals surface area contributed by atoms with Crippen LogP contribution in [0.2, 0.25) is 0 Å². The first-order chi connectivity index (χ1) is 15.4. The number of hydrogen-bond acceptors (Lipinski definition) is 6.